The predicted molar refractivity (Wildman–Crippen MR) is 57.9 cm³/mol. The van der Waals surface area contributed by atoms with Crippen molar-refractivity contribution in [3.05, 3.63) is 40.4 Å². The number of aromatic amines is 1. The second-order valence-corrected chi connectivity index (χ2v) is 3.23. The summed E-state index contributed by atoms with van der Waals surface area (Å²) in [7, 11) is 5.36. The van der Waals surface area contributed by atoms with Crippen molar-refractivity contribution in [1.29, 1.82) is 0 Å². The van der Waals surface area contributed by atoms with Crippen molar-refractivity contribution >= 4 is 18.7 Å². The normalized spacial score (nSPS) is 12.9. The Labute approximate surface area is 87.4 Å². The van der Waals surface area contributed by atoms with Crippen LogP contribution in [0.2, 0.25) is 6.32 Å². The molecule has 0 saturated carbocycles. The third-order valence-corrected chi connectivity index (χ3v) is 2.22. The van der Waals surface area contributed by atoms with Crippen LogP contribution in [0.15, 0.2) is 29.2 Å². The lowest BCUT2D eigenvalue weighted by Gasteiger charge is -2.09. The van der Waals surface area contributed by atoms with Crippen molar-refractivity contribution in [1.82, 2.24) is 9.97 Å². The van der Waals surface area contributed by atoms with Gasteiger partial charge in [-0.1, -0.05) is 6.32 Å². The molecule has 74 valence electrons. The molecule has 2 radical (unpaired) electrons. The first-order chi connectivity index (χ1) is 7.22. The molecule has 2 rings (SSSR count). The summed E-state index contributed by atoms with van der Waals surface area (Å²) in [5, 5.41) is 10.3. The number of hydrogen-bond donors (Lipinski definition) is 2. The molecule has 4 nitrogen and oxygen atoms in total. The zero-order valence-corrected chi connectivity index (χ0v) is 7.97. The van der Waals surface area contributed by atoms with E-state index in [0.717, 1.165) is 5.39 Å². The van der Waals surface area contributed by atoms with Gasteiger partial charge in [-0.05, 0) is 12.1 Å². The number of aliphatic hydroxyl groups excluding tert-OH is 1. The van der Waals surface area contributed by atoms with E-state index in [9.17, 15) is 9.90 Å². The predicted octanol–water partition coefficient (Wildman–Crippen LogP) is 0.543. The second-order valence-electron chi connectivity index (χ2n) is 3.23. The minimum atomic E-state index is -0.806. The van der Waals surface area contributed by atoms with E-state index in [2.05, 4.69) is 9.97 Å². The lowest BCUT2D eigenvalue weighted by atomic mass is 9.95. The van der Waals surface area contributed by atoms with Gasteiger partial charge in [0.25, 0.3) is 0 Å². The van der Waals surface area contributed by atoms with E-state index >= 15 is 0 Å². The molecule has 5 heteroatoms. The monoisotopic (exact) mass is 200 g/mol. The first-order valence-corrected chi connectivity index (χ1v) is 4.58. The van der Waals surface area contributed by atoms with Gasteiger partial charge in [-0.25, -0.2) is 0 Å². The van der Waals surface area contributed by atoms with Crippen molar-refractivity contribution in [2.45, 2.75) is 12.4 Å². The molecule has 1 atom stereocenters. The number of nitrogens with one attached hydrogen (secondary N) is 1. The third kappa shape index (κ3) is 1.78. The third-order valence-electron chi connectivity index (χ3n) is 2.22. The second kappa shape index (κ2) is 3.86. The Morgan fingerprint density at radius 1 is 1.47 bits per heavy atom. The molecule has 2 N–H and O–H groups in total. The van der Waals surface area contributed by atoms with E-state index in [1.807, 2.05) is 0 Å². The Bertz CT molecular complexity index is 538. The molecule has 0 aliphatic carbocycles. The van der Waals surface area contributed by atoms with Crippen molar-refractivity contribution in [2.24, 2.45) is 0 Å². The molecule has 0 aliphatic heterocycles. The van der Waals surface area contributed by atoms with Crippen LogP contribution in [0, 0.1) is 0 Å². The lowest BCUT2D eigenvalue weighted by Crippen LogP contribution is -2.06. The Morgan fingerprint density at radius 3 is 3.00 bits per heavy atom. The molecule has 0 aromatic carbocycles. The highest BCUT2D eigenvalue weighted by Gasteiger charge is 2.10. The number of H-pyrrole nitrogens is 1. The molecule has 0 unspecified atom stereocenters. The van der Waals surface area contributed by atoms with Gasteiger partial charge in [0.05, 0.1) is 25.2 Å². The fourth-order valence-corrected chi connectivity index (χ4v) is 1.48. The van der Waals surface area contributed by atoms with Crippen molar-refractivity contribution < 1.29 is 5.11 Å². The van der Waals surface area contributed by atoms with E-state index in [1.165, 1.54) is 12.3 Å². The van der Waals surface area contributed by atoms with Crippen LogP contribution in [0.4, 0.5) is 0 Å². The van der Waals surface area contributed by atoms with Gasteiger partial charge in [0.2, 0.25) is 5.56 Å². The molecular weight excluding hydrogens is 191 g/mol. The van der Waals surface area contributed by atoms with Gasteiger partial charge in [-0.3, -0.25) is 9.78 Å². The molecule has 2 heterocycles. The maximum Gasteiger partial charge on any atom is 0.248 e. The molecule has 0 saturated heterocycles. The van der Waals surface area contributed by atoms with Crippen molar-refractivity contribution in [2.75, 3.05) is 0 Å². The Morgan fingerprint density at radius 2 is 2.27 bits per heavy atom. The topological polar surface area (TPSA) is 66.0 Å². The van der Waals surface area contributed by atoms with Crippen LogP contribution >= 0.6 is 0 Å². The molecule has 0 fully saturated rings. The summed E-state index contributed by atoms with van der Waals surface area (Å²) in [5.41, 5.74) is 0.966. The molecule has 0 spiro atoms. The summed E-state index contributed by atoms with van der Waals surface area (Å²) in [6, 6.07) is 4.72. The highest BCUT2D eigenvalue weighted by molar-refractivity contribution is 6.09. The molecule has 0 bridgehead atoms. The van der Waals surface area contributed by atoms with Gasteiger partial charge in [0.1, 0.15) is 0 Å². The molecule has 0 amide bonds. The average Bonchev–Trinajstić information content (AvgIpc) is 2.26. The van der Waals surface area contributed by atoms with Crippen LogP contribution in [-0.2, 0) is 0 Å². The summed E-state index contributed by atoms with van der Waals surface area (Å²) in [5.74, 6) is 0. The Hall–Kier alpha value is -1.62. The number of nitrogens with zero attached hydrogens (tertiary/aromatic N) is 1. The van der Waals surface area contributed by atoms with E-state index in [1.54, 1.807) is 12.1 Å². The van der Waals surface area contributed by atoms with Crippen LogP contribution in [0.1, 0.15) is 11.8 Å². The largest absolute Gasteiger partial charge is 0.388 e. The van der Waals surface area contributed by atoms with Crippen LogP contribution in [0.5, 0.6) is 0 Å². The first kappa shape index (κ1) is 9.92. The lowest BCUT2D eigenvalue weighted by molar-refractivity contribution is 0.196. The smallest absolute Gasteiger partial charge is 0.248 e. The zero-order valence-electron chi connectivity index (χ0n) is 7.97. The van der Waals surface area contributed by atoms with Gasteiger partial charge < -0.3 is 10.1 Å². The molecule has 2 aromatic heterocycles. The summed E-state index contributed by atoms with van der Waals surface area (Å²) in [6.45, 7) is 0. The zero-order chi connectivity index (χ0) is 10.8. The van der Waals surface area contributed by atoms with Crippen LogP contribution in [-0.4, -0.2) is 22.9 Å². The van der Waals surface area contributed by atoms with E-state index in [0.29, 0.717) is 11.2 Å². The summed E-state index contributed by atoms with van der Waals surface area (Å²) in [4.78, 5) is 17.8. The Balaban J connectivity index is 2.71. The quantitative estimate of drug-likeness (QED) is 0.695. The fourth-order valence-electron chi connectivity index (χ4n) is 1.48. The number of fused-ring (bicyclic) bond motifs is 1. The number of rotatable bonds is 2. The maximum atomic E-state index is 11.1. The minimum absolute atomic E-state index is 0.102. The summed E-state index contributed by atoms with van der Waals surface area (Å²) in [6.07, 6.45) is 0.831. The number of aliphatic hydroxyl groups is 1. The van der Waals surface area contributed by atoms with E-state index in [4.69, 9.17) is 7.85 Å². The number of pyridine rings is 2. The molecule has 0 aliphatic rings. The van der Waals surface area contributed by atoms with Crippen LogP contribution < -0.4 is 5.56 Å². The molecule has 2 aromatic rings. The van der Waals surface area contributed by atoms with Crippen molar-refractivity contribution in [3.8, 4) is 0 Å². The van der Waals surface area contributed by atoms with Gasteiger partial charge in [-0.15, -0.1) is 0 Å². The van der Waals surface area contributed by atoms with E-state index < -0.39 is 6.10 Å². The van der Waals surface area contributed by atoms with Gasteiger partial charge >= 0.3 is 0 Å². The molecule has 15 heavy (non-hydrogen) atoms. The standard InChI is InChI=1S/C10H9BN2O2/c11-5-8(14)10-6-1-2-9(15)13-7(6)3-4-12-10/h1-4,8,14H,5H2,(H,13,15)/t8-/m0/s1. The average molecular weight is 200 g/mol. The number of aromatic nitrogens is 2. The minimum Gasteiger partial charge on any atom is -0.388 e. The highest BCUT2D eigenvalue weighted by Crippen LogP contribution is 2.21. The van der Waals surface area contributed by atoms with Gasteiger partial charge in [0, 0.05) is 17.6 Å². The summed E-state index contributed by atoms with van der Waals surface area (Å²) < 4.78 is 0. The van der Waals surface area contributed by atoms with Crippen LogP contribution in [0.25, 0.3) is 10.9 Å². The number of hydrogen-bond acceptors (Lipinski definition) is 3. The molecular formula is C10H9BN2O2. The summed E-state index contributed by atoms with van der Waals surface area (Å²) >= 11 is 0. The SMILES string of the molecule is [B]C[C@H](O)c1nccc2[nH]c(=O)ccc12. The van der Waals surface area contributed by atoms with Crippen molar-refractivity contribution in [3.63, 3.8) is 0 Å². The van der Waals surface area contributed by atoms with Crippen LogP contribution in [0.3, 0.4) is 0 Å². The van der Waals surface area contributed by atoms with E-state index in [-0.39, 0.29) is 11.9 Å². The fraction of sp³-hybridized carbons (Fsp3) is 0.200. The highest BCUT2D eigenvalue weighted by atomic mass is 16.3. The van der Waals surface area contributed by atoms with Gasteiger partial charge in [-0.2, -0.15) is 0 Å². The maximum absolute atomic E-state index is 11.1. The van der Waals surface area contributed by atoms with Gasteiger partial charge in [0.15, 0.2) is 0 Å². The Kier molecular flexibility index (Phi) is 2.56. The first-order valence-electron chi connectivity index (χ1n) is 4.58.